The summed E-state index contributed by atoms with van der Waals surface area (Å²) in [5, 5.41) is 4.65. The van der Waals surface area contributed by atoms with Gasteiger partial charge in [0.05, 0.1) is 16.3 Å². The Bertz CT molecular complexity index is 915. The van der Waals surface area contributed by atoms with E-state index < -0.39 is 0 Å². The molecule has 0 fully saturated rings. The lowest BCUT2D eigenvalue weighted by molar-refractivity contribution is -0.135. The van der Waals surface area contributed by atoms with E-state index in [1.807, 2.05) is 51.1 Å². The molecule has 1 heterocycles. The summed E-state index contributed by atoms with van der Waals surface area (Å²) in [7, 11) is 0. The zero-order valence-corrected chi connectivity index (χ0v) is 16.9. The molecule has 5 heteroatoms. The topological polar surface area (TPSA) is 44.1 Å². The highest BCUT2D eigenvalue weighted by atomic mass is 32.2. The van der Waals surface area contributed by atoms with Crippen molar-refractivity contribution < 1.29 is 9.53 Å². The third-order valence-electron chi connectivity index (χ3n) is 3.99. The molecule has 0 aliphatic rings. The molecule has 0 saturated heterocycles. The molecule has 0 aliphatic heterocycles. The van der Waals surface area contributed by atoms with Crippen molar-refractivity contribution >= 4 is 17.7 Å². The van der Waals surface area contributed by atoms with Gasteiger partial charge in [0.2, 0.25) is 5.88 Å². The zero-order valence-electron chi connectivity index (χ0n) is 16.1. The van der Waals surface area contributed by atoms with Crippen molar-refractivity contribution in [2.24, 2.45) is 5.92 Å². The van der Waals surface area contributed by atoms with Crippen LogP contribution in [-0.4, -0.2) is 15.7 Å². The first kappa shape index (κ1) is 19.2. The molecule has 0 bridgehead atoms. The van der Waals surface area contributed by atoms with Crippen molar-refractivity contribution in [3.63, 3.8) is 0 Å². The van der Waals surface area contributed by atoms with Crippen LogP contribution in [0.25, 0.3) is 5.69 Å². The van der Waals surface area contributed by atoms with Gasteiger partial charge in [0.25, 0.3) is 0 Å². The fourth-order valence-corrected chi connectivity index (χ4v) is 3.56. The third kappa shape index (κ3) is 4.80. The van der Waals surface area contributed by atoms with Crippen LogP contribution in [0, 0.1) is 19.8 Å². The molecule has 0 radical (unpaired) electrons. The predicted molar refractivity (Wildman–Crippen MR) is 109 cm³/mol. The first-order valence-corrected chi connectivity index (χ1v) is 9.86. The Kier molecular flexibility index (Phi) is 6.01. The van der Waals surface area contributed by atoms with Gasteiger partial charge in [-0.05, 0) is 44.0 Å². The molecule has 27 heavy (non-hydrogen) atoms. The van der Waals surface area contributed by atoms with Crippen molar-refractivity contribution in [2.45, 2.75) is 43.9 Å². The van der Waals surface area contributed by atoms with E-state index in [4.69, 9.17) is 4.74 Å². The summed E-state index contributed by atoms with van der Waals surface area (Å²) in [4.78, 5) is 14.3. The number of ether oxygens (including phenoxy) is 1. The summed E-state index contributed by atoms with van der Waals surface area (Å²) in [6.45, 7) is 8.01. The lowest BCUT2D eigenvalue weighted by Gasteiger charge is -2.11. The molecule has 140 valence electrons. The monoisotopic (exact) mass is 380 g/mol. The fourth-order valence-electron chi connectivity index (χ4n) is 2.65. The molecule has 0 amide bonds. The van der Waals surface area contributed by atoms with Crippen molar-refractivity contribution in [1.82, 2.24) is 9.78 Å². The van der Waals surface area contributed by atoms with E-state index in [9.17, 15) is 4.79 Å². The fraction of sp³-hybridized carbons (Fsp3) is 0.273. The summed E-state index contributed by atoms with van der Waals surface area (Å²) in [5.74, 6) is 0.475. The molecule has 4 nitrogen and oxygen atoms in total. The highest BCUT2D eigenvalue weighted by Gasteiger charge is 2.22. The van der Waals surface area contributed by atoms with Crippen molar-refractivity contribution in [3.8, 4) is 11.6 Å². The van der Waals surface area contributed by atoms with Gasteiger partial charge < -0.3 is 4.74 Å². The van der Waals surface area contributed by atoms with E-state index in [0.29, 0.717) is 12.3 Å². The first-order chi connectivity index (χ1) is 12.9. The van der Waals surface area contributed by atoms with Gasteiger partial charge in [-0.1, -0.05) is 61.5 Å². The van der Waals surface area contributed by atoms with Crippen LogP contribution in [0.3, 0.4) is 0 Å². The average Bonchev–Trinajstić information content (AvgIpc) is 2.93. The molecule has 3 rings (SSSR count). The van der Waals surface area contributed by atoms with E-state index in [0.717, 1.165) is 21.2 Å². The maximum Gasteiger partial charge on any atom is 0.312 e. The lowest BCUT2D eigenvalue weighted by Crippen LogP contribution is -2.14. The summed E-state index contributed by atoms with van der Waals surface area (Å²) in [6.07, 6.45) is 0.369. The Morgan fingerprint density at radius 3 is 2.37 bits per heavy atom. The predicted octanol–water partition coefficient (Wildman–Crippen LogP) is 5.59. The van der Waals surface area contributed by atoms with Gasteiger partial charge in [-0.3, -0.25) is 4.79 Å². The number of aryl methyl sites for hydroxylation is 2. The second-order valence-electron chi connectivity index (χ2n) is 6.95. The Morgan fingerprint density at radius 1 is 1.07 bits per heavy atom. The average molecular weight is 381 g/mol. The SMILES string of the molecule is Cc1ccc(Sc2c(C)nn(-c3ccccc3)c2OC(=O)CC(C)C)cc1. The maximum atomic E-state index is 12.4. The molecule has 2 aromatic carbocycles. The van der Waals surface area contributed by atoms with Gasteiger partial charge in [-0.15, -0.1) is 0 Å². The summed E-state index contributed by atoms with van der Waals surface area (Å²) < 4.78 is 7.51. The van der Waals surface area contributed by atoms with Crippen LogP contribution in [0.5, 0.6) is 5.88 Å². The highest BCUT2D eigenvalue weighted by molar-refractivity contribution is 7.99. The second-order valence-corrected chi connectivity index (χ2v) is 8.04. The number of rotatable bonds is 6. The number of benzene rings is 2. The van der Waals surface area contributed by atoms with Crippen LogP contribution in [-0.2, 0) is 4.79 Å². The van der Waals surface area contributed by atoms with E-state index >= 15 is 0 Å². The number of nitrogens with zero attached hydrogens (tertiary/aromatic N) is 2. The molecule has 3 aromatic rings. The minimum absolute atomic E-state index is 0.236. The Labute approximate surface area is 164 Å². The van der Waals surface area contributed by atoms with Gasteiger partial charge in [0.1, 0.15) is 0 Å². The van der Waals surface area contributed by atoms with Crippen LogP contribution >= 0.6 is 11.8 Å². The summed E-state index contributed by atoms with van der Waals surface area (Å²) in [5.41, 5.74) is 2.90. The number of carbonyl (C=O) groups is 1. The molecule has 0 spiro atoms. The number of carbonyl (C=O) groups excluding carboxylic acids is 1. The molecule has 0 unspecified atom stereocenters. The largest absolute Gasteiger partial charge is 0.406 e. The molecule has 0 N–H and O–H groups in total. The molecule has 0 saturated carbocycles. The van der Waals surface area contributed by atoms with E-state index in [2.05, 4.69) is 36.3 Å². The zero-order chi connectivity index (χ0) is 19.4. The van der Waals surface area contributed by atoms with Gasteiger partial charge >= 0.3 is 5.97 Å². The van der Waals surface area contributed by atoms with Gasteiger partial charge in [-0.25, -0.2) is 0 Å². The Balaban J connectivity index is 2.01. The van der Waals surface area contributed by atoms with Crippen LogP contribution < -0.4 is 4.74 Å². The van der Waals surface area contributed by atoms with Crippen LogP contribution in [0.1, 0.15) is 31.5 Å². The Morgan fingerprint density at radius 2 is 1.74 bits per heavy atom. The smallest absolute Gasteiger partial charge is 0.312 e. The van der Waals surface area contributed by atoms with E-state index in [1.54, 1.807) is 16.4 Å². The summed E-state index contributed by atoms with van der Waals surface area (Å²) in [6, 6.07) is 18.0. The standard InChI is InChI=1S/C22H24N2O2S/c1-15(2)14-20(25)26-22-21(27-19-12-10-16(3)11-13-19)17(4)23-24(22)18-8-6-5-7-9-18/h5-13,15H,14H2,1-4H3. The number of hydrogen-bond acceptors (Lipinski definition) is 4. The quantitative estimate of drug-likeness (QED) is 0.523. The highest BCUT2D eigenvalue weighted by Crippen LogP contribution is 2.39. The molecular formula is C22H24N2O2S. The minimum atomic E-state index is -0.243. The molecule has 0 aliphatic carbocycles. The lowest BCUT2D eigenvalue weighted by atomic mass is 10.1. The molecular weight excluding hydrogens is 356 g/mol. The van der Waals surface area contributed by atoms with Crippen molar-refractivity contribution in [1.29, 1.82) is 0 Å². The number of esters is 1. The first-order valence-electron chi connectivity index (χ1n) is 9.04. The van der Waals surface area contributed by atoms with Crippen LogP contribution in [0.4, 0.5) is 0 Å². The summed E-state index contributed by atoms with van der Waals surface area (Å²) >= 11 is 1.57. The van der Waals surface area contributed by atoms with E-state index in [1.165, 1.54) is 5.56 Å². The van der Waals surface area contributed by atoms with Crippen LogP contribution in [0.15, 0.2) is 64.4 Å². The number of hydrogen-bond donors (Lipinski definition) is 0. The minimum Gasteiger partial charge on any atom is -0.406 e. The van der Waals surface area contributed by atoms with E-state index in [-0.39, 0.29) is 11.9 Å². The van der Waals surface area contributed by atoms with Gasteiger partial charge in [0, 0.05) is 11.3 Å². The Hall–Kier alpha value is -2.53. The van der Waals surface area contributed by atoms with Crippen molar-refractivity contribution in [3.05, 3.63) is 65.9 Å². The van der Waals surface area contributed by atoms with Crippen LogP contribution in [0.2, 0.25) is 0 Å². The second kappa shape index (κ2) is 8.44. The normalized spacial score (nSPS) is 11.0. The van der Waals surface area contributed by atoms with Gasteiger partial charge in [0.15, 0.2) is 0 Å². The molecule has 0 atom stereocenters. The third-order valence-corrected chi connectivity index (χ3v) is 5.17. The number of para-hydroxylation sites is 1. The van der Waals surface area contributed by atoms with Crippen molar-refractivity contribution in [2.75, 3.05) is 0 Å². The number of aromatic nitrogens is 2. The maximum absolute atomic E-state index is 12.4. The van der Waals surface area contributed by atoms with Gasteiger partial charge in [-0.2, -0.15) is 9.78 Å². The molecule has 1 aromatic heterocycles.